The molecule has 2 N–H and O–H groups in total. The Balaban J connectivity index is 1.22. The number of aromatic nitrogens is 1. The molecule has 204 valence electrons. The maximum atomic E-state index is 13.1. The molecule has 5 fully saturated rings. The first-order chi connectivity index (χ1) is 18.0. The summed E-state index contributed by atoms with van der Waals surface area (Å²) in [5.41, 5.74) is 2.31. The van der Waals surface area contributed by atoms with Crippen molar-refractivity contribution in [2.75, 3.05) is 0 Å². The molecular weight excluding hydrogens is 478 g/mol. The molecule has 2 saturated carbocycles. The van der Waals surface area contributed by atoms with Gasteiger partial charge in [0.05, 0.1) is 11.7 Å². The number of ether oxygens (including phenoxy) is 4. The van der Waals surface area contributed by atoms with Crippen molar-refractivity contribution in [3.63, 3.8) is 0 Å². The topological polar surface area (TPSA) is 76.2 Å². The largest absolute Gasteiger partial charge is 0.386 e. The first-order valence-electron chi connectivity index (χ1n) is 14.6. The summed E-state index contributed by atoms with van der Waals surface area (Å²) in [6, 6.07) is 8.67. The van der Waals surface area contributed by atoms with E-state index in [0.29, 0.717) is 5.92 Å². The third kappa shape index (κ3) is 2.54. The Bertz CT molecular complexity index is 1380. The van der Waals surface area contributed by atoms with E-state index in [1.165, 1.54) is 22.2 Å². The molecule has 6 aliphatic rings. The predicted octanol–water partition coefficient (Wildman–Crippen LogP) is 5.31. The number of hydrogen-bond acceptors (Lipinski definition) is 5. The van der Waals surface area contributed by atoms with Gasteiger partial charge in [0, 0.05) is 27.4 Å². The third-order valence-corrected chi connectivity index (χ3v) is 12.0. The maximum absolute atomic E-state index is 13.1. The van der Waals surface area contributed by atoms with Crippen LogP contribution in [0.5, 0.6) is 0 Å². The zero-order valence-corrected chi connectivity index (χ0v) is 23.5. The molecule has 2 aromatic rings. The fraction of sp³-hybridized carbons (Fsp3) is 0.688. The van der Waals surface area contributed by atoms with Crippen LogP contribution in [0.25, 0.3) is 10.9 Å². The smallest absolute Gasteiger partial charge is 0.178 e. The second kappa shape index (κ2) is 7.13. The summed E-state index contributed by atoms with van der Waals surface area (Å²) in [5.74, 6) is 0.501. The minimum atomic E-state index is -1.01. The summed E-state index contributed by atoms with van der Waals surface area (Å²) in [6.07, 6.45) is 5.25. The van der Waals surface area contributed by atoms with E-state index in [1.54, 1.807) is 0 Å². The van der Waals surface area contributed by atoms with Crippen LogP contribution >= 0.6 is 0 Å². The van der Waals surface area contributed by atoms with Crippen LogP contribution in [0.4, 0.5) is 0 Å². The standard InChI is InChI=1S/C32H41NO5/c1-17(2)15-23-36-24-26(28(3,4)37-23)35-22-12-13-29(5)30(6)18(11-14-31(29,34)32(22)27(24)38-32)16-20-19-9-7-8-10-21(19)33-25(20)30/h7-10,15,18,22-24,26-27,33-34H,11-14,16H2,1-6H3/t18-,22-,23?,24?,26-,27?,29+,30+,31-,32?/m0/s1. The Kier molecular flexibility index (Phi) is 4.53. The van der Waals surface area contributed by atoms with Gasteiger partial charge in [-0.25, -0.2) is 0 Å². The number of epoxide rings is 1. The Labute approximate surface area is 225 Å². The number of allylic oxidation sites excluding steroid dienone is 1. The number of nitrogens with one attached hydrogen (secondary N) is 1. The molecular formula is C32H41NO5. The van der Waals surface area contributed by atoms with Gasteiger partial charge < -0.3 is 29.0 Å². The Morgan fingerprint density at radius 3 is 2.58 bits per heavy atom. The summed E-state index contributed by atoms with van der Waals surface area (Å²) in [5, 5.41) is 14.4. The van der Waals surface area contributed by atoms with E-state index in [9.17, 15) is 5.11 Å². The van der Waals surface area contributed by atoms with Crippen molar-refractivity contribution in [2.45, 2.75) is 127 Å². The fourth-order valence-corrected chi connectivity index (χ4v) is 9.97. The van der Waals surface area contributed by atoms with Crippen molar-refractivity contribution < 1.29 is 24.1 Å². The van der Waals surface area contributed by atoms with Crippen LogP contribution in [-0.4, -0.2) is 57.6 Å². The van der Waals surface area contributed by atoms with Gasteiger partial charge in [0.25, 0.3) is 0 Å². The number of fused-ring (bicyclic) bond motifs is 9. The van der Waals surface area contributed by atoms with E-state index < -0.39 is 23.1 Å². The number of benzene rings is 1. The second-order valence-corrected chi connectivity index (χ2v) is 14.2. The van der Waals surface area contributed by atoms with Crippen LogP contribution in [0.15, 0.2) is 35.9 Å². The van der Waals surface area contributed by atoms with Crippen molar-refractivity contribution >= 4 is 10.9 Å². The Hall–Kier alpha value is -1.70. The highest BCUT2D eigenvalue weighted by Crippen LogP contribution is 2.75. The van der Waals surface area contributed by atoms with Crippen LogP contribution in [0, 0.1) is 11.3 Å². The monoisotopic (exact) mass is 519 g/mol. The lowest BCUT2D eigenvalue weighted by atomic mass is 9.40. The second-order valence-electron chi connectivity index (χ2n) is 14.2. The number of aromatic amines is 1. The molecule has 6 heteroatoms. The number of hydrogen-bond donors (Lipinski definition) is 2. The van der Waals surface area contributed by atoms with Crippen molar-refractivity contribution in [3.05, 3.63) is 47.2 Å². The molecule has 3 aliphatic carbocycles. The van der Waals surface area contributed by atoms with Gasteiger partial charge in [-0.1, -0.05) is 37.6 Å². The number of aliphatic hydroxyl groups is 1. The third-order valence-electron chi connectivity index (χ3n) is 12.0. The molecule has 10 atom stereocenters. The van der Waals surface area contributed by atoms with Gasteiger partial charge in [0.15, 0.2) is 11.9 Å². The van der Waals surface area contributed by atoms with Gasteiger partial charge in [-0.15, -0.1) is 0 Å². The van der Waals surface area contributed by atoms with Crippen molar-refractivity contribution in [3.8, 4) is 0 Å². The SMILES string of the molecule is CC(C)=CC1OC2C3OC34[C@H](CC[C@]3(C)[C@@]5(C)c6[nH]c7ccccc7c6C[C@@H]5CC[C@@]43O)O[C@@H]2C(C)(C)O1. The van der Waals surface area contributed by atoms with E-state index >= 15 is 0 Å². The summed E-state index contributed by atoms with van der Waals surface area (Å²) >= 11 is 0. The van der Waals surface area contributed by atoms with Crippen LogP contribution < -0.4 is 0 Å². The first-order valence-corrected chi connectivity index (χ1v) is 14.6. The normalized spacial score (nSPS) is 49.7. The lowest BCUT2D eigenvalue weighted by Gasteiger charge is -2.66. The fourth-order valence-electron chi connectivity index (χ4n) is 9.97. The van der Waals surface area contributed by atoms with Gasteiger partial charge in [-0.3, -0.25) is 0 Å². The molecule has 0 bridgehead atoms. The first kappa shape index (κ1) is 24.1. The average molecular weight is 520 g/mol. The molecule has 4 heterocycles. The van der Waals surface area contributed by atoms with Gasteiger partial charge in [-0.05, 0) is 83.4 Å². The number of para-hydroxylation sites is 1. The Morgan fingerprint density at radius 2 is 1.79 bits per heavy atom. The Morgan fingerprint density at radius 1 is 1.00 bits per heavy atom. The van der Waals surface area contributed by atoms with E-state index in [4.69, 9.17) is 18.9 Å². The number of rotatable bonds is 1. The molecule has 3 saturated heterocycles. The maximum Gasteiger partial charge on any atom is 0.178 e. The average Bonchev–Trinajstić information content (AvgIpc) is 3.43. The summed E-state index contributed by atoms with van der Waals surface area (Å²) in [6.45, 7) is 13.1. The molecule has 1 aromatic heterocycles. The summed E-state index contributed by atoms with van der Waals surface area (Å²) < 4.78 is 26.5. The minimum Gasteiger partial charge on any atom is -0.386 e. The highest BCUT2D eigenvalue weighted by molar-refractivity contribution is 5.86. The van der Waals surface area contributed by atoms with Crippen LogP contribution in [0.3, 0.4) is 0 Å². The lowest BCUT2D eigenvalue weighted by molar-refractivity contribution is -0.343. The van der Waals surface area contributed by atoms with Crippen LogP contribution in [0.1, 0.15) is 78.5 Å². The molecule has 0 radical (unpaired) electrons. The van der Waals surface area contributed by atoms with Crippen LogP contribution in [-0.2, 0) is 30.8 Å². The van der Waals surface area contributed by atoms with Crippen molar-refractivity contribution in [2.24, 2.45) is 11.3 Å². The highest BCUT2D eigenvalue weighted by atomic mass is 16.8. The van der Waals surface area contributed by atoms with Crippen molar-refractivity contribution in [1.29, 1.82) is 0 Å². The molecule has 6 nitrogen and oxygen atoms in total. The van der Waals surface area contributed by atoms with E-state index in [-0.39, 0.29) is 35.2 Å². The minimum absolute atomic E-state index is 0.165. The highest BCUT2D eigenvalue weighted by Gasteiger charge is 2.87. The quantitative estimate of drug-likeness (QED) is 0.394. The predicted molar refractivity (Wildman–Crippen MR) is 144 cm³/mol. The van der Waals surface area contributed by atoms with Crippen molar-refractivity contribution in [1.82, 2.24) is 4.98 Å². The zero-order chi connectivity index (χ0) is 26.5. The molecule has 38 heavy (non-hydrogen) atoms. The van der Waals surface area contributed by atoms with Gasteiger partial charge in [0.2, 0.25) is 0 Å². The molecule has 1 aromatic carbocycles. The van der Waals surface area contributed by atoms with E-state index in [2.05, 4.69) is 70.8 Å². The van der Waals surface area contributed by atoms with Gasteiger partial charge >= 0.3 is 0 Å². The molecule has 1 spiro atoms. The molecule has 0 amide bonds. The van der Waals surface area contributed by atoms with Gasteiger partial charge in [0.1, 0.15) is 23.9 Å². The summed E-state index contributed by atoms with van der Waals surface area (Å²) in [4.78, 5) is 3.84. The van der Waals surface area contributed by atoms with E-state index in [1.807, 2.05) is 6.08 Å². The van der Waals surface area contributed by atoms with Gasteiger partial charge in [-0.2, -0.15) is 0 Å². The molecule has 3 aliphatic heterocycles. The zero-order valence-electron chi connectivity index (χ0n) is 23.5. The molecule has 8 rings (SSSR count). The van der Waals surface area contributed by atoms with Crippen LogP contribution in [0.2, 0.25) is 0 Å². The summed E-state index contributed by atoms with van der Waals surface area (Å²) in [7, 11) is 0. The number of H-pyrrole nitrogens is 1. The lowest BCUT2D eigenvalue weighted by Crippen LogP contribution is -2.77. The van der Waals surface area contributed by atoms with E-state index in [0.717, 1.165) is 37.7 Å². The molecule has 4 unspecified atom stereocenters.